The van der Waals surface area contributed by atoms with Crippen LogP contribution in [0.4, 0.5) is 5.82 Å². The molecule has 2 heterocycles. The number of amides is 1. The first-order chi connectivity index (χ1) is 11.8. The number of nitrogens with zero attached hydrogens (tertiary/aromatic N) is 4. The molecule has 1 amide bonds. The molecule has 3 aromatic rings. The number of anilines is 1. The molecule has 0 fully saturated rings. The van der Waals surface area contributed by atoms with Gasteiger partial charge in [0.25, 0.3) is 5.91 Å². The van der Waals surface area contributed by atoms with Gasteiger partial charge in [-0.15, -0.1) is 0 Å². The summed E-state index contributed by atoms with van der Waals surface area (Å²) < 4.78 is 3.39. The highest BCUT2D eigenvalue weighted by Crippen LogP contribution is 2.22. The lowest BCUT2D eigenvalue weighted by Crippen LogP contribution is -2.13. The quantitative estimate of drug-likeness (QED) is 0.750. The molecule has 1 N–H and O–H groups in total. The summed E-state index contributed by atoms with van der Waals surface area (Å²) in [5, 5.41) is 12.6. The van der Waals surface area contributed by atoms with Gasteiger partial charge < -0.3 is 5.32 Å². The fraction of sp³-hybridized carbons (Fsp3) is 0.235. The molecule has 0 aliphatic rings. The fourth-order valence-electron chi connectivity index (χ4n) is 2.55. The zero-order valence-corrected chi connectivity index (χ0v) is 15.6. The summed E-state index contributed by atoms with van der Waals surface area (Å²) in [5.74, 6) is 0.246. The number of aryl methyl sites for hydroxylation is 3. The second kappa shape index (κ2) is 6.90. The van der Waals surface area contributed by atoms with Crippen molar-refractivity contribution in [1.29, 1.82) is 0 Å². The molecule has 0 aliphatic heterocycles. The first-order valence-electron chi connectivity index (χ1n) is 7.63. The van der Waals surface area contributed by atoms with E-state index >= 15 is 0 Å². The first kappa shape index (κ1) is 17.5. The third-order valence-electron chi connectivity index (χ3n) is 3.82. The summed E-state index contributed by atoms with van der Waals surface area (Å²) >= 11 is 12.1. The highest BCUT2D eigenvalue weighted by molar-refractivity contribution is 6.35. The standard InChI is InChI=1S/C17H17Cl2N5O/c1-10-6-16(20-17(25)14-9-23(3)21-11(14)2)22-24(10)8-12-4-5-13(18)7-15(12)19/h4-7,9H,8H2,1-3H3,(H,20,22,25). The van der Waals surface area contributed by atoms with Crippen LogP contribution in [0.25, 0.3) is 0 Å². The number of halogens is 2. The van der Waals surface area contributed by atoms with Gasteiger partial charge in [0.05, 0.1) is 17.8 Å². The molecule has 6 nitrogen and oxygen atoms in total. The maximum atomic E-state index is 12.4. The van der Waals surface area contributed by atoms with Crippen LogP contribution in [-0.4, -0.2) is 25.5 Å². The topological polar surface area (TPSA) is 64.7 Å². The Bertz CT molecular complexity index is 945. The van der Waals surface area contributed by atoms with Gasteiger partial charge in [-0.05, 0) is 31.5 Å². The molecule has 8 heteroatoms. The largest absolute Gasteiger partial charge is 0.305 e. The monoisotopic (exact) mass is 377 g/mol. The van der Waals surface area contributed by atoms with Crippen molar-refractivity contribution in [2.75, 3.05) is 5.32 Å². The average Bonchev–Trinajstić information content (AvgIpc) is 3.04. The number of nitrogens with one attached hydrogen (secondary N) is 1. The number of benzene rings is 1. The minimum atomic E-state index is -0.236. The number of carbonyl (C=O) groups excluding carboxylic acids is 1. The molecule has 0 unspecified atom stereocenters. The Labute approximate surface area is 155 Å². The van der Waals surface area contributed by atoms with Gasteiger partial charge in [-0.25, -0.2) is 0 Å². The summed E-state index contributed by atoms with van der Waals surface area (Å²) in [7, 11) is 1.78. The van der Waals surface area contributed by atoms with Crippen molar-refractivity contribution in [3.63, 3.8) is 0 Å². The maximum Gasteiger partial charge on any atom is 0.260 e. The van der Waals surface area contributed by atoms with E-state index in [1.807, 2.05) is 19.1 Å². The molecule has 0 atom stereocenters. The third kappa shape index (κ3) is 3.86. The van der Waals surface area contributed by atoms with E-state index in [9.17, 15) is 4.79 Å². The zero-order chi connectivity index (χ0) is 18.1. The van der Waals surface area contributed by atoms with E-state index in [2.05, 4.69) is 15.5 Å². The van der Waals surface area contributed by atoms with Crippen LogP contribution in [0.2, 0.25) is 10.0 Å². The predicted octanol–water partition coefficient (Wildman–Crippen LogP) is 3.84. The van der Waals surface area contributed by atoms with Crippen molar-refractivity contribution < 1.29 is 4.79 Å². The SMILES string of the molecule is Cc1nn(C)cc1C(=O)Nc1cc(C)n(Cc2ccc(Cl)cc2Cl)n1. The van der Waals surface area contributed by atoms with Crippen LogP contribution in [0.1, 0.15) is 27.3 Å². The number of rotatable bonds is 4. The van der Waals surface area contributed by atoms with Crippen molar-refractivity contribution >= 4 is 34.9 Å². The Morgan fingerprint density at radius 1 is 1.20 bits per heavy atom. The van der Waals surface area contributed by atoms with E-state index in [4.69, 9.17) is 23.2 Å². The van der Waals surface area contributed by atoms with Crippen LogP contribution < -0.4 is 5.32 Å². The predicted molar refractivity (Wildman–Crippen MR) is 98.4 cm³/mol. The van der Waals surface area contributed by atoms with E-state index in [1.54, 1.807) is 41.7 Å². The van der Waals surface area contributed by atoms with Crippen LogP contribution in [0, 0.1) is 13.8 Å². The lowest BCUT2D eigenvalue weighted by Gasteiger charge is -2.07. The Kier molecular flexibility index (Phi) is 4.83. The van der Waals surface area contributed by atoms with Crippen LogP contribution in [0.15, 0.2) is 30.5 Å². The highest BCUT2D eigenvalue weighted by Gasteiger charge is 2.15. The van der Waals surface area contributed by atoms with E-state index in [0.29, 0.717) is 33.7 Å². The lowest BCUT2D eigenvalue weighted by atomic mass is 10.2. The minimum Gasteiger partial charge on any atom is -0.305 e. The van der Waals surface area contributed by atoms with Gasteiger partial charge in [-0.2, -0.15) is 10.2 Å². The van der Waals surface area contributed by atoms with Crippen molar-refractivity contribution in [2.24, 2.45) is 7.05 Å². The number of hydrogen-bond acceptors (Lipinski definition) is 3. The van der Waals surface area contributed by atoms with E-state index in [0.717, 1.165) is 11.3 Å². The second-order valence-corrected chi connectivity index (χ2v) is 6.66. The number of hydrogen-bond donors (Lipinski definition) is 1. The van der Waals surface area contributed by atoms with Crippen molar-refractivity contribution in [1.82, 2.24) is 19.6 Å². The average molecular weight is 378 g/mol. The van der Waals surface area contributed by atoms with Gasteiger partial charge in [-0.1, -0.05) is 29.3 Å². The third-order valence-corrected chi connectivity index (χ3v) is 4.40. The lowest BCUT2D eigenvalue weighted by molar-refractivity contribution is 0.102. The van der Waals surface area contributed by atoms with Gasteiger partial charge in [-0.3, -0.25) is 14.2 Å². The van der Waals surface area contributed by atoms with E-state index in [-0.39, 0.29) is 5.91 Å². The molecular weight excluding hydrogens is 361 g/mol. The zero-order valence-electron chi connectivity index (χ0n) is 14.0. The normalized spacial score (nSPS) is 10.9. The van der Waals surface area contributed by atoms with Crippen LogP contribution in [-0.2, 0) is 13.6 Å². The molecule has 0 bridgehead atoms. The van der Waals surface area contributed by atoms with E-state index < -0.39 is 0 Å². The molecular formula is C17H17Cl2N5O. The Balaban J connectivity index is 1.78. The van der Waals surface area contributed by atoms with Crippen molar-refractivity contribution in [3.8, 4) is 0 Å². The Morgan fingerprint density at radius 3 is 2.60 bits per heavy atom. The van der Waals surface area contributed by atoms with Gasteiger partial charge >= 0.3 is 0 Å². The summed E-state index contributed by atoms with van der Waals surface area (Å²) in [5.41, 5.74) is 3.00. The number of aromatic nitrogens is 4. The van der Waals surface area contributed by atoms with Crippen molar-refractivity contribution in [2.45, 2.75) is 20.4 Å². The smallest absolute Gasteiger partial charge is 0.260 e. The highest BCUT2D eigenvalue weighted by atomic mass is 35.5. The summed E-state index contributed by atoms with van der Waals surface area (Å²) in [6, 6.07) is 7.16. The Morgan fingerprint density at radius 2 is 1.96 bits per heavy atom. The first-order valence-corrected chi connectivity index (χ1v) is 8.39. The van der Waals surface area contributed by atoms with Gasteiger partial charge in [0.15, 0.2) is 5.82 Å². The number of carbonyl (C=O) groups is 1. The fourth-order valence-corrected chi connectivity index (χ4v) is 3.02. The minimum absolute atomic E-state index is 0.236. The molecule has 1 aromatic carbocycles. The molecule has 2 aromatic heterocycles. The van der Waals surface area contributed by atoms with Crippen LogP contribution in [0.5, 0.6) is 0 Å². The Hall–Kier alpha value is -2.31. The molecule has 130 valence electrons. The van der Waals surface area contributed by atoms with Gasteiger partial charge in [0.2, 0.25) is 0 Å². The van der Waals surface area contributed by atoms with Gasteiger partial charge in [0, 0.05) is 35.1 Å². The molecule has 0 saturated carbocycles. The van der Waals surface area contributed by atoms with Crippen LogP contribution in [0.3, 0.4) is 0 Å². The summed E-state index contributed by atoms with van der Waals surface area (Å²) in [4.78, 5) is 12.4. The molecule has 0 radical (unpaired) electrons. The molecule has 0 saturated heterocycles. The molecule has 0 spiro atoms. The molecule has 25 heavy (non-hydrogen) atoms. The second-order valence-electron chi connectivity index (χ2n) is 5.82. The van der Waals surface area contributed by atoms with Crippen molar-refractivity contribution in [3.05, 3.63) is 63.0 Å². The molecule has 3 rings (SSSR count). The van der Waals surface area contributed by atoms with E-state index in [1.165, 1.54) is 0 Å². The summed E-state index contributed by atoms with van der Waals surface area (Å²) in [6.45, 7) is 4.20. The molecule has 0 aliphatic carbocycles. The summed E-state index contributed by atoms with van der Waals surface area (Å²) in [6.07, 6.45) is 1.68. The van der Waals surface area contributed by atoms with Gasteiger partial charge in [0.1, 0.15) is 0 Å². The van der Waals surface area contributed by atoms with Crippen LogP contribution >= 0.6 is 23.2 Å². The maximum absolute atomic E-state index is 12.4.